The fourth-order valence-electron chi connectivity index (χ4n) is 3.13. The first-order valence-corrected chi connectivity index (χ1v) is 8.47. The van der Waals surface area contributed by atoms with Crippen LogP contribution in [0.4, 0.5) is 4.39 Å². The van der Waals surface area contributed by atoms with Gasteiger partial charge in [-0.2, -0.15) is 5.10 Å². The molecular weight excluding hydrogens is 333 g/mol. The van der Waals surface area contributed by atoms with Crippen LogP contribution in [0.3, 0.4) is 0 Å². The van der Waals surface area contributed by atoms with Gasteiger partial charge in [0.2, 0.25) is 5.91 Å². The van der Waals surface area contributed by atoms with Crippen LogP contribution in [-0.4, -0.2) is 22.7 Å². The molecule has 4 rings (SSSR count). The number of rotatable bonds is 4. The van der Waals surface area contributed by atoms with Crippen molar-refractivity contribution in [3.8, 4) is 17.0 Å². The molecule has 1 atom stereocenters. The van der Waals surface area contributed by atoms with Crippen LogP contribution in [-0.2, 0) is 17.8 Å². The first-order valence-electron chi connectivity index (χ1n) is 8.47. The average Bonchev–Trinajstić information content (AvgIpc) is 3.15. The normalized spacial score (nSPS) is 15.8. The molecule has 0 saturated carbocycles. The molecule has 1 aliphatic rings. The molecule has 6 heteroatoms. The van der Waals surface area contributed by atoms with Gasteiger partial charge in [-0.25, -0.2) is 4.39 Å². The monoisotopic (exact) mass is 351 g/mol. The molecule has 132 valence electrons. The van der Waals surface area contributed by atoms with E-state index in [9.17, 15) is 9.18 Å². The Morgan fingerprint density at radius 3 is 2.88 bits per heavy atom. The zero-order chi connectivity index (χ0) is 17.9. The zero-order valence-corrected chi connectivity index (χ0v) is 14.0. The van der Waals surface area contributed by atoms with Crippen LogP contribution in [0.25, 0.3) is 11.3 Å². The summed E-state index contributed by atoms with van der Waals surface area (Å²) in [7, 11) is 0. The molecule has 26 heavy (non-hydrogen) atoms. The smallest absolute Gasteiger partial charge is 0.227 e. The van der Waals surface area contributed by atoms with E-state index in [1.165, 1.54) is 12.1 Å². The second-order valence-electron chi connectivity index (χ2n) is 6.31. The van der Waals surface area contributed by atoms with E-state index in [0.717, 1.165) is 28.1 Å². The predicted molar refractivity (Wildman–Crippen MR) is 95.0 cm³/mol. The van der Waals surface area contributed by atoms with Crippen molar-refractivity contribution < 1.29 is 13.9 Å². The highest BCUT2D eigenvalue weighted by Gasteiger charge is 2.25. The highest BCUT2D eigenvalue weighted by atomic mass is 19.1. The highest BCUT2D eigenvalue weighted by molar-refractivity contribution is 5.80. The number of H-pyrrole nitrogens is 1. The SMILES string of the molecule is O=C(NCc1cn[nH]c1-c1ccc(F)cc1)[C@H]1COc2ccccc2C1. The molecule has 0 unspecified atom stereocenters. The molecule has 1 aromatic heterocycles. The molecule has 3 aromatic rings. The number of benzene rings is 2. The maximum absolute atomic E-state index is 13.1. The van der Waals surface area contributed by atoms with Crippen molar-refractivity contribution >= 4 is 5.91 Å². The number of ether oxygens (including phenoxy) is 1. The van der Waals surface area contributed by atoms with Crippen LogP contribution in [0.1, 0.15) is 11.1 Å². The van der Waals surface area contributed by atoms with E-state index in [1.807, 2.05) is 24.3 Å². The van der Waals surface area contributed by atoms with Crippen LogP contribution in [0.2, 0.25) is 0 Å². The number of hydrogen-bond donors (Lipinski definition) is 2. The van der Waals surface area contributed by atoms with Gasteiger partial charge < -0.3 is 10.1 Å². The number of nitrogens with one attached hydrogen (secondary N) is 2. The molecule has 0 bridgehead atoms. The van der Waals surface area contributed by atoms with Crippen molar-refractivity contribution in [3.05, 3.63) is 71.7 Å². The van der Waals surface area contributed by atoms with Gasteiger partial charge in [0.1, 0.15) is 18.2 Å². The molecule has 0 radical (unpaired) electrons. The molecule has 2 N–H and O–H groups in total. The van der Waals surface area contributed by atoms with Crippen molar-refractivity contribution in [3.63, 3.8) is 0 Å². The first-order chi connectivity index (χ1) is 12.7. The first kappa shape index (κ1) is 16.3. The number of aromatic nitrogens is 2. The zero-order valence-electron chi connectivity index (χ0n) is 14.0. The summed E-state index contributed by atoms with van der Waals surface area (Å²) in [5, 5.41) is 9.91. The quantitative estimate of drug-likeness (QED) is 0.759. The molecule has 1 amide bonds. The Hall–Kier alpha value is -3.15. The minimum Gasteiger partial charge on any atom is -0.492 e. The number of carbonyl (C=O) groups excluding carboxylic acids is 1. The van der Waals surface area contributed by atoms with Gasteiger partial charge in [0, 0.05) is 17.7 Å². The highest BCUT2D eigenvalue weighted by Crippen LogP contribution is 2.27. The summed E-state index contributed by atoms with van der Waals surface area (Å²) >= 11 is 0. The number of aromatic amines is 1. The van der Waals surface area contributed by atoms with E-state index in [2.05, 4.69) is 15.5 Å². The molecule has 2 heterocycles. The Morgan fingerprint density at radius 2 is 2.04 bits per heavy atom. The van der Waals surface area contributed by atoms with E-state index in [-0.39, 0.29) is 17.6 Å². The standard InChI is InChI=1S/C20H18FN3O2/c21-17-7-5-13(6-8-17)19-16(11-23-24-19)10-22-20(25)15-9-14-3-1-2-4-18(14)26-12-15/h1-8,11,15H,9-10,12H2,(H,22,25)(H,23,24)/t15-/m1/s1. The summed E-state index contributed by atoms with van der Waals surface area (Å²) < 4.78 is 18.8. The molecule has 0 aliphatic carbocycles. The van der Waals surface area contributed by atoms with E-state index in [1.54, 1.807) is 18.3 Å². The van der Waals surface area contributed by atoms with Gasteiger partial charge in [-0.05, 0) is 42.3 Å². The van der Waals surface area contributed by atoms with Gasteiger partial charge in [-0.3, -0.25) is 9.89 Å². The number of fused-ring (bicyclic) bond motifs is 1. The number of halogens is 1. The summed E-state index contributed by atoms with van der Waals surface area (Å²) in [5.74, 6) is 0.294. The van der Waals surface area contributed by atoms with Crippen molar-refractivity contribution in [2.24, 2.45) is 5.92 Å². The maximum Gasteiger partial charge on any atom is 0.227 e. The summed E-state index contributed by atoms with van der Waals surface area (Å²) in [6.07, 6.45) is 2.34. The molecular formula is C20H18FN3O2. The molecule has 0 fully saturated rings. The Kier molecular flexibility index (Phi) is 4.39. The second-order valence-corrected chi connectivity index (χ2v) is 6.31. The Balaban J connectivity index is 1.41. The largest absolute Gasteiger partial charge is 0.492 e. The number of hydrogen-bond acceptors (Lipinski definition) is 3. The van der Waals surface area contributed by atoms with Gasteiger partial charge in [-0.15, -0.1) is 0 Å². The molecule has 2 aromatic carbocycles. The lowest BCUT2D eigenvalue weighted by Gasteiger charge is -2.24. The lowest BCUT2D eigenvalue weighted by molar-refractivity contribution is -0.126. The summed E-state index contributed by atoms with van der Waals surface area (Å²) in [6.45, 7) is 0.721. The number of amides is 1. The van der Waals surface area contributed by atoms with Crippen molar-refractivity contribution in [2.75, 3.05) is 6.61 Å². The molecule has 0 spiro atoms. The van der Waals surface area contributed by atoms with E-state index >= 15 is 0 Å². The third-order valence-corrected chi connectivity index (χ3v) is 4.55. The minimum atomic E-state index is -0.291. The molecule has 5 nitrogen and oxygen atoms in total. The topological polar surface area (TPSA) is 67.0 Å². The van der Waals surface area contributed by atoms with E-state index < -0.39 is 0 Å². The van der Waals surface area contributed by atoms with Gasteiger partial charge in [0.05, 0.1) is 17.8 Å². The Morgan fingerprint density at radius 1 is 1.23 bits per heavy atom. The van der Waals surface area contributed by atoms with Crippen molar-refractivity contribution in [1.29, 1.82) is 0 Å². The van der Waals surface area contributed by atoms with Gasteiger partial charge in [0.15, 0.2) is 0 Å². The van der Waals surface area contributed by atoms with Crippen LogP contribution in [0.5, 0.6) is 5.75 Å². The van der Waals surface area contributed by atoms with Gasteiger partial charge in [0.25, 0.3) is 0 Å². The van der Waals surface area contributed by atoms with Crippen molar-refractivity contribution in [2.45, 2.75) is 13.0 Å². The van der Waals surface area contributed by atoms with E-state index in [4.69, 9.17) is 4.74 Å². The Bertz CT molecular complexity index is 921. The van der Waals surface area contributed by atoms with Crippen molar-refractivity contribution in [1.82, 2.24) is 15.5 Å². The third-order valence-electron chi connectivity index (χ3n) is 4.55. The van der Waals surface area contributed by atoms with Crippen LogP contribution in [0, 0.1) is 11.7 Å². The summed E-state index contributed by atoms with van der Waals surface area (Å²) in [6, 6.07) is 13.9. The van der Waals surface area contributed by atoms with Gasteiger partial charge in [-0.1, -0.05) is 18.2 Å². The van der Waals surface area contributed by atoms with Crippen LogP contribution >= 0.6 is 0 Å². The summed E-state index contributed by atoms with van der Waals surface area (Å²) in [5.41, 5.74) is 3.50. The van der Waals surface area contributed by atoms with E-state index in [0.29, 0.717) is 19.6 Å². The lowest BCUT2D eigenvalue weighted by Crippen LogP contribution is -2.37. The average molecular weight is 351 g/mol. The lowest BCUT2D eigenvalue weighted by atomic mass is 9.96. The summed E-state index contributed by atoms with van der Waals surface area (Å²) in [4.78, 5) is 12.5. The molecule has 0 saturated heterocycles. The second kappa shape index (κ2) is 7.00. The van der Waals surface area contributed by atoms with Crippen LogP contribution in [0.15, 0.2) is 54.7 Å². The maximum atomic E-state index is 13.1. The fourth-order valence-corrected chi connectivity index (χ4v) is 3.13. The number of para-hydroxylation sites is 1. The van der Waals surface area contributed by atoms with Gasteiger partial charge >= 0.3 is 0 Å². The number of carbonyl (C=O) groups is 1. The predicted octanol–water partition coefficient (Wildman–Crippen LogP) is 3.08. The minimum absolute atomic E-state index is 0.0502. The Labute approximate surface area is 150 Å². The number of nitrogens with zero attached hydrogens (tertiary/aromatic N) is 1. The third kappa shape index (κ3) is 3.31. The van der Waals surface area contributed by atoms with Crippen LogP contribution < -0.4 is 10.1 Å². The molecule has 1 aliphatic heterocycles. The fraction of sp³-hybridized carbons (Fsp3) is 0.200.